The van der Waals surface area contributed by atoms with Crippen LogP contribution < -0.4 is 10.6 Å². The van der Waals surface area contributed by atoms with E-state index in [1.165, 1.54) is 0 Å². The van der Waals surface area contributed by atoms with Gasteiger partial charge in [-0.1, -0.05) is 11.6 Å². The van der Waals surface area contributed by atoms with Crippen LogP contribution in [0.4, 0.5) is 11.6 Å². The number of rotatable bonds is 4. The van der Waals surface area contributed by atoms with Gasteiger partial charge in [-0.25, -0.2) is 9.97 Å². The molecule has 2 heterocycles. The Bertz CT molecular complexity index is 618. The standard InChI is InChI=1S/C13H12BrClN4O/c1-2-16-10-6-4-9(15)12(18-10)13(20)19-11-5-3-8(14)7-17-11/h3-7H,2H2,1H3,(H,16,18)(H,17,19,20). The molecule has 1 amide bonds. The molecule has 2 aromatic rings. The molecule has 0 unspecified atom stereocenters. The minimum atomic E-state index is -0.399. The van der Waals surface area contributed by atoms with Crippen molar-refractivity contribution in [3.8, 4) is 0 Å². The highest BCUT2D eigenvalue weighted by Crippen LogP contribution is 2.18. The Morgan fingerprint density at radius 1 is 1.30 bits per heavy atom. The Morgan fingerprint density at radius 2 is 2.05 bits per heavy atom. The van der Waals surface area contributed by atoms with Crippen molar-refractivity contribution >= 4 is 45.1 Å². The van der Waals surface area contributed by atoms with Gasteiger partial charge in [0.2, 0.25) is 0 Å². The number of hydrogen-bond donors (Lipinski definition) is 2. The first-order chi connectivity index (χ1) is 9.60. The lowest BCUT2D eigenvalue weighted by atomic mass is 10.3. The van der Waals surface area contributed by atoms with E-state index in [0.29, 0.717) is 23.2 Å². The number of nitrogens with zero attached hydrogens (tertiary/aromatic N) is 2. The topological polar surface area (TPSA) is 66.9 Å². The maximum Gasteiger partial charge on any atom is 0.277 e. The van der Waals surface area contributed by atoms with Gasteiger partial charge in [0, 0.05) is 17.2 Å². The van der Waals surface area contributed by atoms with Crippen LogP contribution in [0.25, 0.3) is 0 Å². The van der Waals surface area contributed by atoms with Crippen LogP contribution in [-0.4, -0.2) is 22.4 Å². The van der Waals surface area contributed by atoms with Gasteiger partial charge in [-0.15, -0.1) is 0 Å². The van der Waals surface area contributed by atoms with Gasteiger partial charge in [0.25, 0.3) is 5.91 Å². The van der Waals surface area contributed by atoms with Crippen molar-refractivity contribution in [3.63, 3.8) is 0 Å². The molecule has 20 heavy (non-hydrogen) atoms. The normalized spacial score (nSPS) is 10.2. The maximum atomic E-state index is 12.1. The monoisotopic (exact) mass is 354 g/mol. The number of carbonyl (C=O) groups is 1. The van der Waals surface area contributed by atoms with Crippen molar-refractivity contribution in [2.24, 2.45) is 0 Å². The Labute approximate surface area is 129 Å². The highest BCUT2D eigenvalue weighted by molar-refractivity contribution is 9.10. The Hall–Kier alpha value is -1.66. The second kappa shape index (κ2) is 6.67. The molecule has 0 aliphatic heterocycles. The second-order valence-electron chi connectivity index (χ2n) is 3.87. The minimum absolute atomic E-state index is 0.162. The number of carbonyl (C=O) groups excluding carboxylic acids is 1. The number of amides is 1. The molecule has 0 aliphatic rings. The zero-order chi connectivity index (χ0) is 14.5. The van der Waals surface area contributed by atoms with E-state index >= 15 is 0 Å². The first kappa shape index (κ1) is 14.7. The van der Waals surface area contributed by atoms with Crippen LogP contribution in [0.2, 0.25) is 5.02 Å². The van der Waals surface area contributed by atoms with E-state index in [0.717, 1.165) is 4.47 Å². The molecule has 5 nitrogen and oxygen atoms in total. The average Bonchev–Trinajstić information content (AvgIpc) is 2.43. The summed E-state index contributed by atoms with van der Waals surface area (Å²) < 4.78 is 0.834. The summed E-state index contributed by atoms with van der Waals surface area (Å²) in [5, 5.41) is 5.97. The van der Waals surface area contributed by atoms with Crippen LogP contribution in [0.15, 0.2) is 34.9 Å². The third-order valence-electron chi connectivity index (χ3n) is 2.39. The summed E-state index contributed by atoms with van der Waals surface area (Å²) in [6, 6.07) is 6.83. The van der Waals surface area contributed by atoms with Crippen LogP contribution in [0, 0.1) is 0 Å². The molecule has 0 spiro atoms. The van der Waals surface area contributed by atoms with Gasteiger partial charge in [-0.3, -0.25) is 4.79 Å². The summed E-state index contributed by atoms with van der Waals surface area (Å²) in [5.41, 5.74) is 0.162. The maximum absolute atomic E-state index is 12.1. The Kier molecular flexibility index (Phi) is 4.92. The van der Waals surface area contributed by atoms with Crippen molar-refractivity contribution in [1.29, 1.82) is 0 Å². The third-order valence-corrected chi connectivity index (χ3v) is 3.16. The SMILES string of the molecule is CCNc1ccc(Cl)c(C(=O)Nc2ccc(Br)cn2)n1. The molecule has 0 saturated carbocycles. The molecule has 104 valence electrons. The average molecular weight is 356 g/mol. The van der Waals surface area contributed by atoms with Gasteiger partial charge < -0.3 is 10.6 Å². The van der Waals surface area contributed by atoms with E-state index in [4.69, 9.17) is 11.6 Å². The van der Waals surface area contributed by atoms with Crippen LogP contribution >= 0.6 is 27.5 Å². The zero-order valence-corrected chi connectivity index (χ0v) is 13.0. The lowest BCUT2D eigenvalue weighted by molar-refractivity contribution is 0.102. The van der Waals surface area contributed by atoms with Gasteiger partial charge in [0.15, 0.2) is 0 Å². The van der Waals surface area contributed by atoms with Gasteiger partial charge in [0.1, 0.15) is 17.3 Å². The van der Waals surface area contributed by atoms with Gasteiger partial charge >= 0.3 is 0 Å². The number of aromatic nitrogens is 2. The molecule has 2 aromatic heterocycles. The predicted octanol–water partition coefficient (Wildman–Crippen LogP) is 3.58. The van der Waals surface area contributed by atoms with Crippen molar-refractivity contribution in [3.05, 3.63) is 45.7 Å². The molecule has 0 bridgehead atoms. The molecule has 0 aliphatic carbocycles. The van der Waals surface area contributed by atoms with Crippen LogP contribution in [0.1, 0.15) is 17.4 Å². The predicted molar refractivity (Wildman–Crippen MR) is 83.3 cm³/mol. The van der Waals surface area contributed by atoms with E-state index in [1.807, 2.05) is 6.92 Å². The summed E-state index contributed by atoms with van der Waals surface area (Å²) in [4.78, 5) is 20.4. The molecule has 2 rings (SSSR count). The summed E-state index contributed by atoms with van der Waals surface area (Å²) in [5.74, 6) is 0.639. The van der Waals surface area contributed by atoms with Crippen molar-refractivity contribution < 1.29 is 4.79 Å². The molecular formula is C13H12BrClN4O. The number of nitrogens with one attached hydrogen (secondary N) is 2. The fourth-order valence-electron chi connectivity index (χ4n) is 1.51. The first-order valence-corrected chi connectivity index (χ1v) is 7.10. The summed E-state index contributed by atoms with van der Waals surface area (Å²) in [7, 11) is 0. The number of halogens is 2. The van der Waals surface area contributed by atoms with E-state index in [2.05, 4.69) is 36.5 Å². The Morgan fingerprint density at radius 3 is 2.70 bits per heavy atom. The summed E-state index contributed by atoms with van der Waals surface area (Å²) in [6.45, 7) is 2.66. The van der Waals surface area contributed by atoms with Crippen molar-refractivity contribution in [1.82, 2.24) is 9.97 Å². The molecular weight excluding hydrogens is 344 g/mol. The fraction of sp³-hybridized carbons (Fsp3) is 0.154. The van der Waals surface area contributed by atoms with E-state index < -0.39 is 5.91 Å². The molecule has 0 aromatic carbocycles. The summed E-state index contributed by atoms with van der Waals surface area (Å²) in [6.07, 6.45) is 1.60. The summed E-state index contributed by atoms with van der Waals surface area (Å²) >= 11 is 9.28. The number of hydrogen-bond acceptors (Lipinski definition) is 4. The van der Waals surface area contributed by atoms with E-state index in [9.17, 15) is 4.79 Å². The first-order valence-electron chi connectivity index (χ1n) is 5.93. The van der Waals surface area contributed by atoms with E-state index in [1.54, 1.807) is 30.5 Å². The van der Waals surface area contributed by atoms with Gasteiger partial charge in [-0.05, 0) is 47.1 Å². The molecule has 7 heteroatoms. The molecule has 2 N–H and O–H groups in total. The lowest BCUT2D eigenvalue weighted by Gasteiger charge is -2.08. The zero-order valence-electron chi connectivity index (χ0n) is 10.7. The van der Waals surface area contributed by atoms with Crippen LogP contribution in [0.5, 0.6) is 0 Å². The van der Waals surface area contributed by atoms with Crippen molar-refractivity contribution in [2.75, 3.05) is 17.2 Å². The van der Waals surface area contributed by atoms with Crippen LogP contribution in [0.3, 0.4) is 0 Å². The van der Waals surface area contributed by atoms with Crippen molar-refractivity contribution in [2.45, 2.75) is 6.92 Å². The van der Waals surface area contributed by atoms with Gasteiger partial charge in [-0.2, -0.15) is 0 Å². The number of pyridine rings is 2. The molecule has 0 atom stereocenters. The smallest absolute Gasteiger partial charge is 0.277 e. The molecule has 0 fully saturated rings. The molecule has 0 saturated heterocycles. The number of anilines is 2. The highest BCUT2D eigenvalue weighted by atomic mass is 79.9. The largest absolute Gasteiger partial charge is 0.370 e. The second-order valence-corrected chi connectivity index (χ2v) is 5.20. The fourth-order valence-corrected chi connectivity index (χ4v) is 1.93. The lowest BCUT2D eigenvalue weighted by Crippen LogP contribution is -2.16. The minimum Gasteiger partial charge on any atom is -0.370 e. The van der Waals surface area contributed by atoms with Gasteiger partial charge in [0.05, 0.1) is 5.02 Å². The van der Waals surface area contributed by atoms with E-state index in [-0.39, 0.29) is 5.69 Å². The van der Waals surface area contributed by atoms with Crippen LogP contribution in [-0.2, 0) is 0 Å². The highest BCUT2D eigenvalue weighted by Gasteiger charge is 2.14. The Balaban J connectivity index is 2.19. The molecule has 0 radical (unpaired) electrons. The quantitative estimate of drug-likeness (QED) is 0.880. The third kappa shape index (κ3) is 3.68.